The van der Waals surface area contributed by atoms with Crippen molar-refractivity contribution in [2.75, 3.05) is 6.54 Å². The number of thiocarbonyl (C=S) groups is 1. The highest BCUT2D eigenvalue weighted by molar-refractivity contribution is 7.80. The van der Waals surface area contributed by atoms with E-state index in [0.717, 1.165) is 25.7 Å². The predicted octanol–water partition coefficient (Wildman–Crippen LogP) is 0.448. The lowest BCUT2D eigenvalue weighted by Gasteiger charge is -2.19. The van der Waals surface area contributed by atoms with Crippen LogP contribution in [0.2, 0.25) is 0 Å². The molecule has 0 aromatic rings. The largest absolute Gasteiger partial charge is 0.392 e. The molecule has 2 atom stereocenters. The maximum atomic E-state index is 11.9. The number of carbonyl (C=O) groups excluding carboxylic acids is 2. The van der Waals surface area contributed by atoms with Crippen LogP contribution in [0.15, 0.2) is 0 Å². The fourth-order valence-corrected chi connectivity index (χ4v) is 2.67. The van der Waals surface area contributed by atoms with E-state index in [2.05, 4.69) is 0 Å². The highest BCUT2D eigenvalue weighted by Crippen LogP contribution is 2.37. The number of rotatable bonds is 2. The van der Waals surface area contributed by atoms with Gasteiger partial charge < -0.3 is 5.73 Å². The van der Waals surface area contributed by atoms with Crippen molar-refractivity contribution in [1.82, 2.24) is 4.90 Å². The third-order valence-electron chi connectivity index (χ3n) is 3.25. The van der Waals surface area contributed by atoms with E-state index in [-0.39, 0.29) is 35.2 Å². The van der Waals surface area contributed by atoms with Crippen molar-refractivity contribution in [3.63, 3.8) is 0 Å². The molecule has 15 heavy (non-hydrogen) atoms. The van der Waals surface area contributed by atoms with Gasteiger partial charge in [-0.3, -0.25) is 14.5 Å². The van der Waals surface area contributed by atoms with Gasteiger partial charge in [-0.25, -0.2) is 0 Å². The standard InChI is InChI=1S/C10H14N2O2S/c11-8(15)5-12-9(13)6-3-1-2-4-7(6)10(12)14/h6-7H,1-5H2,(H2,11,15). The lowest BCUT2D eigenvalue weighted by atomic mass is 9.81. The van der Waals surface area contributed by atoms with Gasteiger partial charge in [0, 0.05) is 0 Å². The van der Waals surface area contributed by atoms with Gasteiger partial charge >= 0.3 is 0 Å². The van der Waals surface area contributed by atoms with Crippen molar-refractivity contribution >= 4 is 29.0 Å². The van der Waals surface area contributed by atoms with Crippen molar-refractivity contribution in [3.8, 4) is 0 Å². The van der Waals surface area contributed by atoms with Crippen LogP contribution in [0.3, 0.4) is 0 Å². The molecule has 1 aliphatic heterocycles. The summed E-state index contributed by atoms with van der Waals surface area (Å²) in [5, 5.41) is 0. The average molecular weight is 226 g/mol. The predicted molar refractivity (Wildman–Crippen MR) is 59.0 cm³/mol. The maximum Gasteiger partial charge on any atom is 0.233 e. The molecular weight excluding hydrogens is 212 g/mol. The van der Waals surface area contributed by atoms with Crippen LogP contribution in [0.5, 0.6) is 0 Å². The second kappa shape index (κ2) is 3.89. The van der Waals surface area contributed by atoms with Gasteiger partial charge in [-0.15, -0.1) is 0 Å². The fourth-order valence-electron chi connectivity index (χ4n) is 2.54. The number of carbonyl (C=O) groups is 2. The Morgan fingerprint density at radius 3 is 2.13 bits per heavy atom. The smallest absolute Gasteiger partial charge is 0.233 e. The third kappa shape index (κ3) is 1.76. The molecule has 1 heterocycles. The lowest BCUT2D eigenvalue weighted by molar-refractivity contribution is -0.138. The van der Waals surface area contributed by atoms with Crippen LogP contribution in [0.25, 0.3) is 0 Å². The molecule has 2 rings (SSSR count). The minimum atomic E-state index is -0.0967. The maximum absolute atomic E-state index is 11.9. The zero-order chi connectivity index (χ0) is 11.0. The van der Waals surface area contributed by atoms with E-state index < -0.39 is 0 Å². The van der Waals surface area contributed by atoms with E-state index in [0.29, 0.717) is 0 Å². The Balaban J connectivity index is 2.17. The van der Waals surface area contributed by atoms with E-state index in [9.17, 15) is 9.59 Å². The number of nitrogens with zero attached hydrogens (tertiary/aromatic N) is 1. The number of imide groups is 1. The number of likely N-dealkylation sites (tertiary alicyclic amines) is 1. The van der Waals surface area contributed by atoms with Crippen LogP contribution in [0, 0.1) is 11.8 Å². The molecule has 0 aromatic carbocycles. The molecule has 1 saturated carbocycles. The number of hydrogen-bond acceptors (Lipinski definition) is 3. The van der Waals surface area contributed by atoms with Crippen LogP contribution in [-0.4, -0.2) is 28.2 Å². The highest BCUT2D eigenvalue weighted by Gasteiger charge is 2.47. The van der Waals surface area contributed by atoms with Gasteiger partial charge in [-0.2, -0.15) is 0 Å². The molecule has 2 unspecified atom stereocenters. The Morgan fingerprint density at radius 2 is 1.73 bits per heavy atom. The zero-order valence-corrected chi connectivity index (χ0v) is 9.26. The molecule has 2 fully saturated rings. The van der Waals surface area contributed by atoms with Gasteiger partial charge in [0.1, 0.15) is 0 Å². The van der Waals surface area contributed by atoms with Crippen LogP contribution in [0.1, 0.15) is 25.7 Å². The molecule has 0 spiro atoms. The molecule has 1 saturated heterocycles. The first-order valence-electron chi connectivity index (χ1n) is 5.25. The highest BCUT2D eigenvalue weighted by atomic mass is 32.1. The summed E-state index contributed by atoms with van der Waals surface area (Å²) >= 11 is 4.74. The Hall–Kier alpha value is -0.970. The molecule has 82 valence electrons. The monoisotopic (exact) mass is 226 g/mol. The lowest BCUT2D eigenvalue weighted by Crippen LogP contribution is -2.37. The Labute approximate surface area is 93.8 Å². The molecule has 5 heteroatoms. The molecule has 2 N–H and O–H groups in total. The Morgan fingerprint density at radius 1 is 1.27 bits per heavy atom. The molecule has 2 amide bonds. The number of fused-ring (bicyclic) bond motifs is 1. The van der Waals surface area contributed by atoms with Gasteiger partial charge in [0.25, 0.3) is 0 Å². The van der Waals surface area contributed by atoms with Gasteiger partial charge in [0.15, 0.2) is 0 Å². The summed E-state index contributed by atoms with van der Waals surface area (Å²) < 4.78 is 0. The summed E-state index contributed by atoms with van der Waals surface area (Å²) in [7, 11) is 0. The van der Waals surface area contributed by atoms with Crippen LogP contribution < -0.4 is 5.73 Å². The van der Waals surface area contributed by atoms with Crippen LogP contribution in [-0.2, 0) is 9.59 Å². The first-order valence-corrected chi connectivity index (χ1v) is 5.65. The Kier molecular flexibility index (Phi) is 2.73. The van der Waals surface area contributed by atoms with Crippen molar-refractivity contribution in [3.05, 3.63) is 0 Å². The quantitative estimate of drug-likeness (QED) is 0.548. The van der Waals surface area contributed by atoms with E-state index in [1.165, 1.54) is 4.90 Å². The zero-order valence-electron chi connectivity index (χ0n) is 8.44. The van der Waals surface area contributed by atoms with Gasteiger partial charge in [0.2, 0.25) is 11.8 Å². The summed E-state index contributed by atoms with van der Waals surface area (Å²) in [6, 6.07) is 0. The van der Waals surface area contributed by atoms with Gasteiger partial charge in [-0.1, -0.05) is 25.1 Å². The molecular formula is C10H14N2O2S. The minimum absolute atomic E-state index is 0.0718. The second-order valence-electron chi connectivity index (χ2n) is 4.23. The van der Waals surface area contributed by atoms with Gasteiger partial charge in [-0.05, 0) is 12.8 Å². The van der Waals surface area contributed by atoms with E-state index in [4.69, 9.17) is 18.0 Å². The summed E-state index contributed by atoms with van der Waals surface area (Å²) in [4.78, 5) is 25.2. The van der Waals surface area contributed by atoms with Crippen LogP contribution >= 0.6 is 12.2 Å². The summed E-state index contributed by atoms with van der Waals surface area (Å²) in [5.74, 6) is -0.337. The molecule has 0 aromatic heterocycles. The molecule has 1 aliphatic carbocycles. The normalized spacial score (nSPS) is 30.5. The SMILES string of the molecule is NC(=S)CN1C(=O)C2CCCCC2C1=O. The van der Waals surface area contributed by atoms with Gasteiger partial charge in [0.05, 0.1) is 23.4 Å². The van der Waals surface area contributed by atoms with E-state index in [1.807, 2.05) is 0 Å². The number of hydrogen-bond donors (Lipinski definition) is 1. The first-order chi connectivity index (χ1) is 7.11. The fraction of sp³-hybridized carbons (Fsp3) is 0.700. The Bertz CT molecular complexity index is 305. The molecule has 4 nitrogen and oxygen atoms in total. The summed E-state index contributed by atoms with van der Waals surface area (Å²) in [6.45, 7) is 0.111. The number of amides is 2. The summed E-state index contributed by atoms with van der Waals surface area (Å²) in [5.41, 5.74) is 5.37. The van der Waals surface area contributed by atoms with Crippen molar-refractivity contribution in [2.24, 2.45) is 17.6 Å². The number of nitrogens with two attached hydrogens (primary N) is 1. The molecule has 0 bridgehead atoms. The van der Waals surface area contributed by atoms with Crippen molar-refractivity contribution in [1.29, 1.82) is 0 Å². The van der Waals surface area contributed by atoms with Crippen LogP contribution in [0.4, 0.5) is 0 Å². The van der Waals surface area contributed by atoms with E-state index in [1.54, 1.807) is 0 Å². The third-order valence-corrected chi connectivity index (χ3v) is 3.38. The molecule has 0 radical (unpaired) electrons. The summed E-state index contributed by atoms with van der Waals surface area (Å²) in [6.07, 6.45) is 3.76. The first kappa shape index (κ1) is 10.5. The minimum Gasteiger partial charge on any atom is -0.392 e. The van der Waals surface area contributed by atoms with E-state index >= 15 is 0 Å². The van der Waals surface area contributed by atoms with Crippen molar-refractivity contribution < 1.29 is 9.59 Å². The van der Waals surface area contributed by atoms with Crippen molar-refractivity contribution in [2.45, 2.75) is 25.7 Å². The average Bonchev–Trinajstić information content (AvgIpc) is 2.44. The second-order valence-corrected chi connectivity index (χ2v) is 4.75. The topological polar surface area (TPSA) is 63.4 Å². The molecule has 2 aliphatic rings.